The van der Waals surface area contributed by atoms with Crippen LogP contribution in [0.25, 0.3) is 0 Å². The molecule has 294 valence electrons. The van der Waals surface area contributed by atoms with Crippen molar-refractivity contribution < 1.29 is 9.47 Å². The third kappa shape index (κ3) is 15.4. The molecule has 2 nitrogen and oxygen atoms in total. The Morgan fingerprint density at radius 3 is 1.88 bits per heavy atom. The molecular formula is C47H94O2. The molecule has 49 heavy (non-hydrogen) atoms. The molecule has 0 radical (unpaired) electrons. The predicted molar refractivity (Wildman–Crippen MR) is 219 cm³/mol. The Labute approximate surface area is 311 Å². The Hall–Kier alpha value is -0.0800. The molecule has 0 aromatic rings. The zero-order valence-corrected chi connectivity index (χ0v) is 37.1. The first-order chi connectivity index (χ1) is 22.6. The van der Waals surface area contributed by atoms with Gasteiger partial charge in [0.2, 0.25) is 0 Å². The van der Waals surface area contributed by atoms with Crippen molar-refractivity contribution in [3.63, 3.8) is 0 Å². The Morgan fingerprint density at radius 1 is 0.755 bits per heavy atom. The minimum atomic E-state index is 0.250. The maximum Gasteiger partial charge on any atom is 0.0575 e. The van der Waals surface area contributed by atoms with Crippen LogP contribution in [0, 0.1) is 81.3 Å². The molecule has 1 saturated carbocycles. The minimum Gasteiger partial charge on any atom is -0.381 e. The molecule has 0 heterocycles. The SMILES string of the molecule is CCC(C)CC(C)C(C)(C)CC1CC(C)(CC(C)C(C)C(C)OCC(CC)C(CC)COCC(C)(C)CCCCC(C)C(C)C(C)C)C1C. The van der Waals surface area contributed by atoms with Gasteiger partial charge in [0.15, 0.2) is 0 Å². The molecule has 0 amide bonds. The summed E-state index contributed by atoms with van der Waals surface area (Å²) in [4.78, 5) is 0. The van der Waals surface area contributed by atoms with E-state index < -0.39 is 0 Å². The topological polar surface area (TPSA) is 18.5 Å². The van der Waals surface area contributed by atoms with E-state index in [4.69, 9.17) is 9.47 Å². The van der Waals surface area contributed by atoms with E-state index in [1.54, 1.807) is 0 Å². The molecule has 0 saturated heterocycles. The van der Waals surface area contributed by atoms with Crippen molar-refractivity contribution in [1.29, 1.82) is 0 Å². The van der Waals surface area contributed by atoms with Gasteiger partial charge in [-0.25, -0.2) is 0 Å². The molecule has 1 aliphatic rings. The summed E-state index contributed by atoms with van der Waals surface area (Å²) in [6, 6.07) is 0. The third-order valence-corrected chi connectivity index (χ3v) is 15.4. The fourth-order valence-electron chi connectivity index (χ4n) is 9.39. The van der Waals surface area contributed by atoms with Gasteiger partial charge in [-0.3, -0.25) is 0 Å². The highest BCUT2D eigenvalue weighted by molar-refractivity contribution is 4.99. The zero-order chi connectivity index (χ0) is 37.7. The maximum absolute atomic E-state index is 6.72. The molecule has 0 bridgehead atoms. The van der Waals surface area contributed by atoms with Gasteiger partial charge < -0.3 is 9.47 Å². The zero-order valence-electron chi connectivity index (χ0n) is 37.1. The second-order valence-electron chi connectivity index (χ2n) is 20.7. The number of ether oxygens (including phenoxy) is 2. The second-order valence-corrected chi connectivity index (χ2v) is 20.7. The molecule has 1 fully saturated rings. The first-order valence-electron chi connectivity index (χ1n) is 21.8. The molecule has 12 atom stereocenters. The van der Waals surface area contributed by atoms with E-state index in [0.717, 1.165) is 67.7 Å². The first kappa shape index (κ1) is 46.9. The van der Waals surface area contributed by atoms with Crippen LogP contribution in [0.1, 0.15) is 195 Å². The summed E-state index contributed by atoms with van der Waals surface area (Å²) < 4.78 is 13.2. The van der Waals surface area contributed by atoms with Gasteiger partial charge in [-0.15, -0.1) is 0 Å². The summed E-state index contributed by atoms with van der Waals surface area (Å²) in [7, 11) is 0. The normalized spacial score (nSPS) is 26.0. The first-order valence-corrected chi connectivity index (χ1v) is 21.8. The Bertz CT molecular complexity index is 860. The summed E-state index contributed by atoms with van der Waals surface area (Å²) >= 11 is 0. The van der Waals surface area contributed by atoms with Crippen LogP contribution in [0.15, 0.2) is 0 Å². The predicted octanol–water partition coefficient (Wildman–Crippen LogP) is 14.8. The van der Waals surface area contributed by atoms with E-state index in [1.807, 2.05) is 0 Å². The summed E-state index contributed by atoms with van der Waals surface area (Å²) in [5, 5.41) is 0. The summed E-state index contributed by atoms with van der Waals surface area (Å²) in [5.74, 6) is 8.14. The van der Waals surface area contributed by atoms with Crippen molar-refractivity contribution in [2.45, 2.75) is 201 Å². The van der Waals surface area contributed by atoms with Gasteiger partial charge in [-0.05, 0) is 120 Å². The lowest BCUT2D eigenvalue weighted by molar-refractivity contribution is -0.0775. The average Bonchev–Trinajstić information content (AvgIpc) is 3.04. The van der Waals surface area contributed by atoms with Crippen molar-refractivity contribution >= 4 is 0 Å². The van der Waals surface area contributed by atoms with Gasteiger partial charge in [0, 0.05) is 6.61 Å². The molecular weight excluding hydrogens is 597 g/mol. The standard InChI is InChI=1S/C47H94O2/c1-19-34(6)26-37(9)46(16,17)28-44-29-47(18,40(44)12)27-36(8)39(11)41(13)49-31-43(21-3)42(20-2)30-48-32-45(14,15)25-23-22-24-35(7)38(10)33(4)5/h33-44H,19-32H2,1-18H3. The molecule has 12 unspecified atom stereocenters. The fraction of sp³-hybridized carbons (Fsp3) is 1.00. The third-order valence-electron chi connectivity index (χ3n) is 15.4. The Balaban J connectivity index is 2.53. The molecule has 0 aromatic carbocycles. The monoisotopic (exact) mass is 691 g/mol. The Morgan fingerprint density at radius 2 is 1.35 bits per heavy atom. The van der Waals surface area contributed by atoms with E-state index in [1.165, 1.54) is 64.2 Å². The van der Waals surface area contributed by atoms with Crippen LogP contribution in [-0.4, -0.2) is 25.9 Å². The van der Waals surface area contributed by atoms with Gasteiger partial charge in [0.05, 0.1) is 19.3 Å². The quantitative estimate of drug-likeness (QED) is 0.0799. The van der Waals surface area contributed by atoms with Crippen LogP contribution in [0.4, 0.5) is 0 Å². The van der Waals surface area contributed by atoms with Gasteiger partial charge in [-0.2, -0.15) is 0 Å². The van der Waals surface area contributed by atoms with Crippen LogP contribution in [0.2, 0.25) is 0 Å². The van der Waals surface area contributed by atoms with Gasteiger partial charge >= 0.3 is 0 Å². The lowest BCUT2D eigenvalue weighted by atomic mass is 9.49. The van der Waals surface area contributed by atoms with Crippen LogP contribution in [0.5, 0.6) is 0 Å². The molecule has 2 heteroatoms. The highest BCUT2D eigenvalue weighted by Crippen LogP contribution is 2.59. The molecule has 1 rings (SSSR count). The average molecular weight is 691 g/mol. The van der Waals surface area contributed by atoms with Crippen molar-refractivity contribution in [3.05, 3.63) is 0 Å². The number of hydrogen-bond acceptors (Lipinski definition) is 2. The second kappa shape index (κ2) is 21.6. The van der Waals surface area contributed by atoms with E-state index in [9.17, 15) is 0 Å². The van der Waals surface area contributed by atoms with Crippen molar-refractivity contribution in [3.8, 4) is 0 Å². The van der Waals surface area contributed by atoms with E-state index in [2.05, 4.69) is 125 Å². The van der Waals surface area contributed by atoms with Crippen LogP contribution in [0.3, 0.4) is 0 Å². The van der Waals surface area contributed by atoms with E-state index in [0.29, 0.717) is 40.6 Å². The maximum atomic E-state index is 6.72. The lowest BCUT2D eigenvalue weighted by Crippen LogP contribution is -2.48. The fourth-order valence-corrected chi connectivity index (χ4v) is 9.39. The van der Waals surface area contributed by atoms with Crippen molar-refractivity contribution in [1.82, 2.24) is 0 Å². The smallest absolute Gasteiger partial charge is 0.0575 e. The number of unbranched alkanes of at least 4 members (excludes halogenated alkanes) is 1. The summed E-state index contributed by atoms with van der Waals surface area (Å²) in [5.41, 5.74) is 1.16. The molecule has 1 aliphatic carbocycles. The largest absolute Gasteiger partial charge is 0.381 e. The van der Waals surface area contributed by atoms with E-state index in [-0.39, 0.29) is 5.41 Å². The van der Waals surface area contributed by atoms with Crippen LogP contribution in [-0.2, 0) is 9.47 Å². The van der Waals surface area contributed by atoms with Gasteiger partial charge in [-0.1, -0.05) is 156 Å². The van der Waals surface area contributed by atoms with Crippen LogP contribution >= 0.6 is 0 Å². The Kier molecular flexibility index (Phi) is 20.7. The molecule has 0 spiro atoms. The molecule has 0 aromatic heterocycles. The minimum absolute atomic E-state index is 0.250. The van der Waals surface area contributed by atoms with Crippen molar-refractivity contribution in [2.24, 2.45) is 81.3 Å². The molecule has 0 N–H and O–H groups in total. The number of rotatable bonds is 27. The lowest BCUT2D eigenvalue weighted by Gasteiger charge is -2.56. The highest BCUT2D eigenvalue weighted by atomic mass is 16.5. The summed E-state index contributed by atoms with van der Waals surface area (Å²) in [6.45, 7) is 46.5. The van der Waals surface area contributed by atoms with E-state index >= 15 is 0 Å². The van der Waals surface area contributed by atoms with Gasteiger partial charge in [0.25, 0.3) is 0 Å². The van der Waals surface area contributed by atoms with Crippen molar-refractivity contribution in [2.75, 3.05) is 19.8 Å². The highest BCUT2D eigenvalue weighted by Gasteiger charge is 2.50. The summed E-state index contributed by atoms with van der Waals surface area (Å²) in [6.07, 6.45) is 14.7. The van der Waals surface area contributed by atoms with Gasteiger partial charge in [0.1, 0.15) is 0 Å². The molecule has 0 aliphatic heterocycles. The van der Waals surface area contributed by atoms with Crippen LogP contribution < -0.4 is 0 Å². The number of hydrogen-bond donors (Lipinski definition) is 0.